The maximum atomic E-state index is 13.2. The second-order valence-electron chi connectivity index (χ2n) is 13.4. The van der Waals surface area contributed by atoms with E-state index >= 15 is 0 Å². The Morgan fingerprint density at radius 1 is 0.787 bits per heavy atom. The zero-order valence-corrected chi connectivity index (χ0v) is 29.0. The van der Waals surface area contributed by atoms with Crippen LogP contribution in [0.1, 0.15) is 43.9 Å². The van der Waals surface area contributed by atoms with Crippen molar-refractivity contribution in [1.29, 1.82) is 0 Å². The smallest absolute Gasteiger partial charge is 0.407 e. The molecule has 1 aromatic heterocycles. The topological polar surface area (TPSA) is 110 Å². The molecule has 3 N–H and O–H groups in total. The van der Waals surface area contributed by atoms with Crippen LogP contribution in [-0.4, -0.2) is 48.8 Å². The molecule has 0 aliphatic rings. The van der Waals surface area contributed by atoms with E-state index in [0.29, 0.717) is 19.3 Å². The number of carbonyl (C=O) groups is 2. The number of amides is 2. The van der Waals surface area contributed by atoms with Crippen LogP contribution < -0.4 is 10.6 Å². The van der Waals surface area contributed by atoms with Crippen molar-refractivity contribution in [3.8, 4) is 11.1 Å². The number of pyridine rings is 1. The molecule has 9 heteroatoms. The molecule has 0 saturated carbocycles. The summed E-state index contributed by atoms with van der Waals surface area (Å²) < 4.78 is 12.6. The van der Waals surface area contributed by atoms with Crippen molar-refractivity contribution < 1.29 is 23.9 Å². The Balaban J connectivity index is 1.64. The highest BCUT2D eigenvalue weighted by atomic mass is 28.4. The van der Waals surface area contributed by atoms with Crippen molar-refractivity contribution in [3.05, 3.63) is 126 Å². The average molecular weight is 654 g/mol. The largest absolute Gasteiger partial charge is 0.465 e. The second kappa shape index (κ2) is 16.4. The highest BCUT2D eigenvalue weighted by molar-refractivity contribution is 6.74. The quantitative estimate of drug-likeness (QED) is 0.118. The average Bonchev–Trinajstić information content (AvgIpc) is 3.04. The summed E-state index contributed by atoms with van der Waals surface area (Å²) in [6, 6.07) is 30.5. The fourth-order valence-corrected chi connectivity index (χ4v) is 6.58. The van der Waals surface area contributed by atoms with E-state index in [-0.39, 0.29) is 11.6 Å². The number of benzene rings is 3. The van der Waals surface area contributed by atoms with Crippen LogP contribution in [0, 0.1) is 0 Å². The van der Waals surface area contributed by atoms with Crippen molar-refractivity contribution in [3.63, 3.8) is 0 Å². The minimum atomic E-state index is -2.38. The Labute approximate surface area is 279 Å². The molecule has 47 heavy (non-hydrogen) atoms. The Morgan fingerprint density at radius 3 is 1.98 bits per heavy atom. The SMILES string of the molecule is CC(C)(C)[Si](C)(C)O[C@@H](C[C@H](Cc1ccc(-c2cccnc2)cc1)NC(=O)OCc1ccccc1)[C@H](Cc1ccccc1)NC(=O)O. The van der Waals surface area contributed by atoms with Crippen LogP contribution in [0.3, 0.4) is 0 Å². The summed E-state index contributed by atoms with van der Waals surface area (Å²) in [6.07, 6.45) is 2.70. The van der Waals surface area contributed by atoms with Gasteiger partial charge in [-0.05, 0) is 71.3 Å². The molecule has 0 saturated heterocycles. The van der Waals surface area contributed by atoms with Gasteiger partial charge in [-0.1, -0.05) is 112 Å². The Kier molecular flexibility index (Phi) is 12.3. The lowest BCUT2D eigenvalue weighted by molar-refractivity contribution is 0.102. The van der Waals surface area contributed by atoms with Crippen LogP contribution in [0.5, 0.6) is 0 Å². The fourth-order valence-electron chi connectivity index (χ4n) is 5.21. The predicted octanol–water partition coefficient (Wildman–Crippen LogP) is 8.25. The number of rotatable bonds is 14. The molecule has 0 unspecified atom stereocenters. The minimum Gasteiger partial charge on any atom is -0.465 e. The zero-order valence-electron chi connectivity index (χ0n) is 28.0. The molecule has 0 spiro atoms. The van der Waals surface area contributed by atoms with Crippen molar-refractivity contribution in [2.45, 2.75) is 83.0 Å². The van der Waals surface area contributed by atoms with Gasteiger partial charge in [0.2, 0.25) is 0 Å². The van der Waals surface area contributed by atoms with Crippen LogP contribution in [-0.2, 0) is 28.6 Å². The molecule has 8 nitrogen and oxygen atoms in total. The fraction of sp³-hybridized carbons (Fsp3) is 0.342. The molecule has 1 heterocycles. The maximum Gasteiger partial charge on any atom is 0.407 e. The molecule has 0 aliphatic carbocycles. The van der Waals surface area contributed by atoms with Crippen LogP contribution in [0.15, 0.2) is 109 Å². The highest BCUT2D eigenvalue weighted by Gasteiger charge is 2.42. The molecule has 4 aromatic rings. The molecule has 0 fully saturated rings. The van der Waals surface area contributed by atoms with Crippen molar-refractivity contribution >= 4 is 20.5 Å². The van der Waals surface area contributed by atoms with E-state index in [2.05, 4.69) is 49.5 Å². The second-order valence-corrected chi connectivity index (χ2v) is 18.2. The summed E-state index contributed by atoms with van der Waals surface area (Å²) >= 11 is 0. The van der Waals surface area contributed by atoms with Crippen molar-refractivity contribution in [1.82, 2.24) is 15.6 Å². The summed E-state index contributed by atoms with van der Waals surface area (Å²) in [7, 11) is -2.38. The van der Waals surface area contributed by atoms with Gasteiger partial charge < -0.3 is 24.9 Å². The lowest BCUT2D eigenvalue weighted by atomic mass is 9.93. The molecule has 0 bridgehead atoms. The monoisotopic (exact) mass is 653 g/mol. The number of ether oxygens (including phenoxy) is 1. The normalized spacial score (nSPS) is 13.6. The van der Waals surface area contributed by atoms with Crippen LogP contribution in [0.2, 0.25) is 18.1 Å². The van der Waals surface area contributed by atoms with E-state index in [1.165, 1.54) is 0 Å². The standard InChI is InChI=1S/C38H47N3O5Si/c1-38(2,3)47(4,5)46-35(34(41-36(42)43)24-28-13-8-6-9-14-28)25-33(40-37(44)45-27-30-15-10-7-11-16-30)23-29-18-20-31(21-19-29)32-17-12-22-39-26-32/h6-22,26,33-35,41H,23-25,27H2,1-5H3,(H,40,44)(H,42,43)/t33-,34-,35-/m0/s1. The summed E-state index contributed by atoms with van der Waals surface area (Å²) in [5, 5.41) is 15.7. The van der Waals surface area contributed by atoms with Gasteiger partial charge in [0.1, 0.15) is 6.61 Å². The number of alkyl carbamates (subject to hydrolysis) is 1. The number of carboxylic acid groups (broad SMARTS) is 1. The first-order valence-corrected chi connectivity index (χ1v) is 19.0. The summed E-state index contributed by atoms with van der Waals surface area (Å²) in [5.41, 5.74) is 4.96. The third-order valence-electron chi connectivity index (χ3n) is 8.79. The third kappa shape index (κ3) is 11.1. The Morgan fingerprint density at radius 2 is 1.40 bits per heavy atom. The van der Waals surface area contributed by atoms with Crippen LogP contribution in [0.25, 0.3) is 11.1 Å². The van der Waals surface area contributed by atoms with Gasteiger partial charge in [-0.25, -0.2) is 9.59 Å². The van der Waals surface area contributed by atoms with Gasteiger partial charge in [0.25, 0.3) is 0 Å². The lowest BCUT2D eigenvalue weighted by Crippen LogP contribution is -2.54. The Hall–Kier alpha value is -4.47. The van der Waals surface area contributed by atoms with Crippen molar-refractivity contribution in [2.75, 3.05) is 0 Å². The summed E-state index contributed by atoms with van der Waals surface area (Å²) in [5.74, 6) is 0. The molecular weight excluding hydrogens is 607 g/mol. The number of nitrogens with zero attached hydrogens (tertiary/aromatic N) is 1. The molecule has 3 aromatic carbocycles. The summed E-state index contributed by atoms with van der Waals surface area (Å²) in [6.45, 7) is 10.9. The lowest BCUT2D eigenvalue weighted by Gasteiger charge is -2.42. The minimum absolute atomic E-state index is 0.120. The first kappa shape index (κ1) is 35.4. The molecule has 4 rings (SSSR count). The van der Waals surface area contributed by atoms with Gasteiger partial charge in [0, 0.05) is 18.4 Å². The number of aromatic nitrogens is 1. The van der Waals surface area contributed by atoms with Gasteiger partial charge in [0.15, 0.2) is 8.32 Å². The molecule has 0 aliphatic heterocycles. The van der Waals surface area contributed by atoms with E-state index in [9.17, 15) is 14.7 Å². The number of hydrogen-bond donors (Lipinski definition) is 3. The van der Waals surface area contributed by atoms with Crippen molar-refractivity contribution in [2.24, 2.45) is 0 Å². The van der Waals surface area contributed by atoms with Gasteiger partial charge >= 0.3 is 12.2 Å². The number of carbonyl (C=O) groups excluding carboxylic acids is 1. The zero-order chi connectivity index (χ0) is 33.9. The van der Waals surface area contributed by atoms with Gasteiger partial charge in [-0.15, -0.1) is 0 Å². The molecule has 0 radical (unpaired) electrons. The first-order valence-electron chi connectivity index (χ1n) is 16.1. The van der Waals surface area contributed by atoms with Gasteiger partial charge in [-0.2, -0.15) is 0 Å². The van der Waals surface area contributed by atoms with Crippen LogP contribution >= 0.6 is 0 Å². The predicted molar refractivity (Wildman–Crippen MR) is 189 cm³/mol. The molecule has 248 valence electrons. The van der Waals surface area contributed by atoms with E-state index in [1.54, 1.807) is 6.20 Å². The first-order chi connectivity index (χ1) is 22.4. The maximum absolute atomic E-state index is 13.2. The number of nitrogens with one attached hydrogen (secondary N) is 2. The molecular formula is C38H47N3O5Si. The molecule has 2 amide bonds. The highest BCUT2D eigenvalue weighted by Crippen LogP contribution is 2.38. The van der Waals surface area contributed by atoms with E-state index < -0.39 is 38.7 Å². The summed E-state index contributed by atoms with van der Waals surface area (Å²) in [4.78, 5) is 29.6. The van der Waals surface area contributed by atoms with Crippen LogP contribution in [0.4, 0.5) is 9.59 Å². The number of hydrogen-bond acceptors (Lipinski definition) is 5. The van der Waals surface area contributed by atoms with E-state index in [1.807, 2.05) is 103 Å². The third-order valence-corrected chi connectivity index (χ3v) is 13.3. The van der Waals surface area contributed by atoms with Gasteiger partial charge in [-0.3, -0.25) is 4.98 Å². The van der Waals surface area contributed by atoms with Gasteiger partial charge in [0.05, 0.1) is 12.1 Å². The Bertz CT molecular complexity index is 1550. The molecule has 3 atom stereocenters. The van der Waals surface area contributed by atoms with E-state index in [4.69, 9.17) is 9.16 Å². The van der Waals surface area contributed by atoms with E-state index in [0.717, 1.165) is 27.8 Å².